The van der Waals surface area contributed by atoms with E-state index in [0.29, 0.717) is 27.2 Å². The van der Waals surface area contributed by atoms with Gasteiger partial charge in [0.2, 0.25) is 5.91 Å². The first-order valence-corrected chi connectivity index (χ1v) is 11.3. The van der Waals surface area contributed by atoms with Crippen molar-refractivity contribution in [1.29, 1.82) is 0 Å². The second-order valence-corrected chi connectivity index (χ2v) is 8.76. The molecule has 0 spiro atoms. The predicted octanol–water partition coefficient (Wildman–Crippen LogP) is 5.79. The van der Waals surface area contributed by atoms with Gasteiger partial charge in [-0.3, -0.25) is 14.5 Å². The maximum absolute atomic E-state index is 12.5. The van der Waals surface area contributed by atoms with Crippen LogP contribution in [-0.2, 0) is 9.59 Å². The van der Waals surface area contributed by atoms with Crippen molar-refractivity contribution in [2.24, 2.45) is 0 Å². The van der Waals surface area contributed by atoms with Crippen LogP contribution in [0.3, 0.4) is 0 Å². The number of thioether (sulfide) groups is 1. The molecule has 3 aromatic rings. The monoisotopic (exact) mass is 472 g/mol. The first-order valence-electron chi connectivity index (χ1n) is 9.47. The average molecular weight is 473 g/mol. The summed E-state index contributed by atoms with van der Waals surface area (Å²) in [5, 5.41) is 3.85. The lowest BCUT2D eigenvalue weighted by Gasteiger charge is -2.24. The van der Waals surface area contributed by atoms with Gasteiger partial charge in [0, 0.05) is 21.4 Å². The fourth-order valence-corrected chi connectivity index (χ4v) is 4.59. The van der Waals surface area contributed by atoms with E-state index in [1.807, 2.05) is 24.3 Å². The molecule has 158 valence electrons. The maximum atomic E-state index is 12.5. The summed E-state index contributed by atoms with van der Waals surface area (Å²) in [6, 6.07) is 21.5. The molecule has 8 heteroatoms. The van der Waals surface area contributed by atoms with Crippen LogP contribution in [0.5, 0.6) is 5.75 Å². The summed E-state index contributed by atoms with van der Waals surface area (Å²) in [7, 11) is 0. The number of hydrogen-bond donors (Lipinski definition) is 1. The second kappa shape index (κ2) is 9.64. The Bertz CT molecular complexity index is 1070. The number of ether oxygens (including phenoxy) is 1. The molecule has 0 unspecified atom stereocenters. The topological polar surface area (TPSA) is 58.6 Å². The average Bonchev–Trinajstić information content (AvgIpc) is 3.16. The molecule has 0 radical (unpaired) electrons. The molecule has 1 heterocycles. The zero-order valence-electron chi connectivity index (χ0n) is 16.3. The van der Waals surface area contributed by atoms with Crippen LogP contribution in [0.15, 0.2) is 72.8 Å². The molecular weight excluding hydrogens is 455 g/mol. The lowest BCUT2D eigenvalue weighted by molar-refractivity contribution is -0.118. The minimum Gasteiger partial charge on any atom is -0.484 e. The van der Waals surface area contributed by atoms with Gasteiger partial charge in [-0.25, -0.2) is 0 Å². The van der Waals surface area contributed by atoms with E-state index < -0.39 is 0 Å². The third-order valence-electron chi connectivity index (χ3n) is 4.64. The third kappa shape index (κ3) is 5.34. The number of rotatable bonds is 6. The number of carbonyl (C=O) groups excluding carboxylic acids is 2. The van der Waals surface area contributed by atoms with Gasteiger partial charge in [-0.2, -0.15) is 0 Å². The number of anilines is 2. The van der Waals surface area contributed by atoms with Crippen molar-refractivity contribution in [3.05, 3.63) is 88.4 Å². The van der Waals surface area contributed by atoms with E-state index >= 15 is 0 Å². The molecule has 3 aromatic carbocycles. The zero-order valence-corrected chi connectivity index (χ0v) is 18.6. The molecule has 1 aliphatic heterocycles. The highest BCUT2D eigenvalue weighted by atomic mass is 35.5. The van der Waals surface area contributed by atoms with E-state index in [0.717, 1.165) is 11.3 Å². The van der Waals surface area contributed by atoms with Gasteiger partial charge in [0.1, 0.15) is 11.1 Å². The van der Waals surface area contributed by atoms with E-state index in [1.54, 1.807) is 65.2 Å². The van der Waals surface area contributed by atoms with Crippen molar-refractivity contribution >= 4 is 58.2 Å². The van der Waals surface area contributed by atoms with Crippen LogP contribution in [0.4, 0.5) is 11.4 Å². The normalized spacial score (nSPS) is 15.7. The van der Waals surface area contributed by atoms with Crippen molar-refractivity contribution in [2.45, 2.75) is 5.37 Å². The Hall–Kier alpha value is -2.67. The van der Waals surface area contributed by atoms with Gasteiger partial charge in [-0.05, 0) is 66.2 Å². The summed E-state index contributed by atoms with van der Waals surface area (Å²) in [5.41, 5.74) is 2.44. The lowest BCUT2D eigenvalue weighted by Crippen LogP contribution is -2.27. The van der Waals surface area contributed by atoms with Crippen molar-refractivity contribution in [1.82, 2.24) is 0 Å². The lowest BCUT2D eigenvalue weighted by atomic mass is 10.2. The van der Waals surface area contributed by atoms with E-state index in [1.165, 1.54) is 0 Å². The van der Waals surface area contributed by atoms with Crippen molar-refractivity contribution < 1.29 is 14.3 Å². The van der Waals surface area contributed by atoms with E-state index in [9.17, 15) is 9.59 Å². The number of nitrogens with one attached hydrogen (secondary N) is 1. The zero-order chi connectivity index (χ0) is 21.8. The number of nitrogens with zero attached hydrogens (tertiary/aromatic N) is 1. The molecule has 2 amide bonds. The van der Waals surface area contributed by atoms with Gasteiger partial charge in [-0.1, -0.05) is 35.3 Å². The first-order chi connectivity index (χ1) is 15.0. The highest BCUT2D eigenvalue weighted by Gasteiger charge is 2.33. The summed E-state index contributed by atoms with van der Waals surface area (Å²) >= 11 is 13.4. The van der Waals surface area contributed by atoms with Gasteiger partial charge < -0.3 is 10.1 Å². The first kappa shape index (κ1) is 21.6. The summed E-state index contributed by atoms with van der Waals surface area (Å²) in [5.74, 6) is 0.771. The molecule has 5 nitrogen and oxygen atoms in total. The Morgan fingerprint density at radius 3 is 2.23 bits per heavy atom. The van der Waals surface area contributed by atoms with Crippen LogP contribution in [-0.4, -0.2) is 24.2 Å². The second-order valence-electron chi connectivity index (χ2n) is 6.82. The Labute approximate surface area is 194 Å². The Morgan fingerprint density at radius 1 is 0.968 bits per heavy atom. The summed E-state index contributed by atoms with van der Waals surface area (Å²) < 4.78 is 5.59. The molecule has 0 aromatic heterocycles. The quantitative estimate of drug-likeness (QED) is 0.493. The highest BCUT2D eigenvalue weighted by molar-refractivity contribution is 8.00. The minimum absolute atomic E-state index is 0.0523. The summed E-state index contributed by atoms with van der Waals surface area (Å²) in [6.07, 6.45) is 0. The van der Waals surface area contributed by atoms with Crippen LogP contribution >= 0.6 is 35.0 Å². The van der Waals surface area contributed by atoms with Crippen molar-refractivity contribution in [2.75, 3.05) is 22.6 Å². The molecule has 1 fully saturated rings. The minimum atomic E-state index is -0.266. The molecule has 1 N–H and O–H groups in total. The number of halogens is 2. The number of benzene rings is 3. The van der Waals surface area contributed by atoms with Crippen LogP contribution in [0, 0.1) is 0 Å². The SMILES string of the molecule is O=C(COc1ccc([C@H]2SCC(=O)N2c2ccc(Cl)cc2)cc1)Nc1ccc(Cl)cc1. The van der Waals surface area contributed by atoms with Crippen LogP contribution in [0.25, 0.3) is 0 Å². The fourth-order valence-electron chi connectivity index (χ4n) is 3.16. The molecule has 4 rings (SSSR count). The van der Waals surface area contributed by atoms with Gasteiger partial charge in [0.25, 0.3) is 5.91 Å². The molecule has 31 heavy (non-hydrogen) atoms. The Balaban J connectivity index is 1.38. The van der Waals surface area contributed by atoms with Crippen LogP contribution < -0.4 is 15.0 Å². The highest BCUT2D eigenvalue weighted by Crippen LogP contribution is 2.42. The smallest absolute Gasteiger partial charge is 0.262 e. The van der Waals surface area contributed by atoms with Crippen LogP contribution in [0.2, 0.25) is 10.0 Å². The molecular formula is C23H18Cl2N2O3S. The fraction of sp³-hybridized carbons (Fsp3) is 0.130. The molecule has 0 saturated carbocycles. The van der Waals surface area contributed by atoms with Crippen molar-refractivity contribution in [3.8, 4) is 5.75 Å². The molecule has 1 atom stereocenters. The third-order valence-corrected chi connectivity index (χ3v) is 6.35. The van der Waals surface area contributed by atoms with E-state index in [-0.39, 0.29) is 23.8 Å². The van der Waals surface area contributed by atoms with Gasteiger partial charge >= 0.3 is 0 Å². The summed E-state index contributed by atoms with van der Waals surface area (Å²) in [6.45, 7) is -0.116. The number of carbonyl (C=O) groups is 2. The number of amides is 2. The summed E-state index contributed by atoms with van der Waals surface area (Å²) in [4.78, 5) is 26.3. The Kier molecular flexibility index (Phi) is 6.70. The maximum Gasteiger partial charge on any atom is 0.262 e. The van der Waals surface area contributed by atoms with Crippen molar-refractivity contribution in [3.63, 3.8) is 0 Å². The van der Waals surface area contributed by atoms with Crippen LogP contribution in [0.1, 0.15) is 10.9 Å². The number of hydrogen-bond acceptors (Lipinski definition) is 4. The molecule has 0 bridgehead atoms. The molecule has 0 aliphatic carbocycles. The van der Waals surface area contributed by atoms with E-state index in [4.69, 9.17) is 27.9 Å². The molecule has 1 aliphatic rings. The molecule has 1 saturated heterocycles. The van der Waals surface area contributed by atoms with E-state index in [2.05, 4.69) is 5.32 Å². The van der Waals surface area contributed by atoms with Gasteiger partial charge in [0.05, 0.1) is 5.75 Å². The standard InChI is InChI=1S/C23H18Cl2N2O3S/c24-16-3-7-18(8-4-16)26-21(28)13-30-20-11-1-15(2-12-20)23-27(22(29)14-31-23)19-9-5-17(25)6-10-19/h1-12,23H,13-14H2,(H,26,28)/t23-/m1/s1. The van der Waals surface area contributed by atoms with Gasteiger partial charge in [0.15, 0.2) is 6.61 Å². The Morgan fingerprint density at radius 2 is 1.58 bits per heavy atom. The predicted molar refractivity (Wildman–Crippen MR) is 126 cm³/mol. The van der Waals surface area contributed by atoms with Gasteiger partial charge in [-0.15, -0.1) is 11.8 Å². The largest absolute Gasteiger partial charge is 0.484 e.